The van der Waals surface area contributed by atoms with Crippen molar-refractivity contribution in [2.45, 2.75) is 26.1 Å². The second-order valence-electron chi connectivity index (χ2n) is 6.38. The van der Waals surface area contributed by atoms with Crippen LogP contribution in [0.25, 0.3) is 10.9 Å². The maximum atomic E-state index is 11.9. The Morgan fingerprint density at radius 3 is 2.64 bits per heavy atom. The van der Waals surface area contributed by atoms with Crippen LogP contribution in [-0.4, -0.2) is 16.2 Å². The average Bonchev–Trinajstić information content (AvgIpc) is 2.59. The largest absolute Gasteiger partial charge is 0.444 e. The van der Waals surface area contributed by atoms with Crippen LogP contribution in [0.1, 0.15) is 25.0 Å². The molecule has 0 saturated heterocycles. The van der Waals surface area contributed by atoms with Gasteiger partial charge in [-0.1, -0.05) is 36.4 Å². The Morgan fingerprint density at radius 1 is 1.16 bits per heavy atom. The molecule has 0 aliphatic heterocycles. The van der Waals surface area contributed by atoms with Crippen LogP contribution in [0.15, 0.2) is 60.8 Å². The third kappa shape index (κ3) is 4.33. The van der Waals surface area contributed by atoms with E-state index in [2.05, 4.69) is 10.3 Å². The van der Waals surface area contributed by atoms with Gasteiger partial charge in [-0.2, -0.15) is 0 Å². The molecule has 1 heterocycles. The highest BCUT2D eigenvalue weighted by molar-refractivity contribution is 5.89. The van der Waals surface area contributed by atoms with Gasteiger partial charge in [-0.15, -0.1) is 0 Å². The molecule has 0 aliphatic carbocycles. The molecule has 25 heavy (non-hydrogen) atoms. The van der Waals surface area contributed by atoms with Gasteiger partial charge in [0.05, 0.1) is 11.1 Å². The molecule has 0 bridgehead atoms. The third-order valence-electron chi connectivity index (χ3n) is 3.85. The highest BCUT2D eigenvalue weighted by Crippen LogP contribution is 2.24. The van der Waals surface area contributed by atoms with Crippen molar-refractivity contribution in [3.05, 3.63) is 71.9 Å². The molecule has 0 unspecified atom stereocenters. The van der Waals surface area contributed by atoms with Crippen LogP contribution in [0.4, 0.5) is 10.5 Å². The van der Waals surface area contributed by atoms with Crippen molar-refractivity contribution < 1.29 is 14.6 Å². The number of carbonyl (C=O) groups is 1. The van der Waals surface area contributed by atoms with Crippen LogP contribution in [0, 0.1) is 0 Å². The van der Waals surface area contributed by atoms with Crippen molar-refractivity contribution >= 4 is 22.7 Å². The zero-order valence-electron chi connectivity index (χ0n) is 14.2. The molecule has 3 rings (SSSR count). The normalized spacial score (nSPS) is 11.3. The number of hydrogen-bond acceptors (Lipinski definition) is 4. The highest BCUT2D eigenvalue weighted by Gasteiger charge is 2.16. The number of ether oxygens (including phenoxy) is 1. The fourth-order valence-electron chi connectivity index (χ4n) is 2.41. The van der Waals surface area contributed by atoms with E-state index in [4.69, 9.17) is 4.74 Å². The molecule has 0 fully saturated rings. The Bertz CT molecular complexity index is 886. The topological polar surface area (TPSA) is 71.5 Å². The maximum Gasteiger partial charge on any atom is 0.411 e. The van der Waals surface area contributed by atoms with Gasteiger partial charge in [-0.05, 0) is 37.6 Å². The Balaban J connectivity index is 1.68. The molecular formula is C20H20N2O3. The van der Waals surface area contributed by atoms with Crippen molar-refractivity contribution in [3.63, 3.8) is 0 Å². The minimum Gasteiger partial charge on any atom is -0.444 e. The van der Waals surface area contributed by atoms with Gasteiger partial charge in [0.25, 0.3) is 0 Å². The summed E-state index contributed by atoms with van der Waals surface area (Å²) in [5.41, 5.74) is 2.06. The van der Waals surface area contributed by atoms with Gasteiger partial charge in [-0.25, -0.2) is 4.79 Å². The van der Waals surface area contributed by atoms with Crippen LogP contribution in [0.3, 0.4) is 0 Å². The van der Waals surface area contributed by atoms with Gasteiger partial charge in [0.2, 0.25) is 0 Å². The number of aromatic nitrogens is 1. The number of benzene rings is 2. The number of nitrogens with one attached hydrogen (secondary N) is 1. The summed E-state index contributed by atoms with van der Waals surface area (Å²) in [5.74, 6) is 0. The van der Waals surface area contributed by atoms with E-state index in [9.17, 15) is 9.90 Å². The van der Waals surface area contributed by atoms with E-state index in [1.807, 2.05) is 42.5 Å². The SMILES string of the molecule is CC(C)(O)c1cnc2cc(NC(=O)OCc3ccccc3)ccc2c1. The van der Waals surface area contributed by atoms with Crippen molar-refractivity contribution in [3.8, 4) is 0 Å². The summed E-state index contributed by atoms with van der Waals surface area (Å²) in [6, 6.07) is 16.8. The average molecular weight is 336 g/mol. The molecule has 3 aromatic rings. The number of carbonyl (C=O) groups excluding carboxylic acids is 1. The highest BCUT2D eigenvalue weighted by atomic mass is 16.5. The minimum atomic E-state index is -0.945. The van der Waals surface area contributed by atoms with E-state index in [0.29, 0.717) is 5.69 Å². The summed E-state index contributed by atoms with van der Waals surface area (Å²) in [7, 11) is 0. The van der Waals surface area contributed by atoms with Gasteiger partial charge in [-0.3, -0.25) is 10.3 Å². The lowest BCUT2D eigenvalue weighted by Crippen LogP contribution is -2.15. The second-order valence-corrected chi connectivity index (χ2v) is 6.38. The summed E-state index contributed by atoms with van der Waals surface area (Å²) in [4.78, 5) is 16.3. The van der Waals surface area contributed by atoms with Crippen molar-refractivity contribution in [1.29, 1.82) is 0 Å². The molecule has 1 amide bonds. The smallest absolute Gasteiger partial charge is 0.411 e. The summed E-state index contributed by atoms with van der Waals surface area (Å²) in [6.07, 6.45) is 1.12. The summed E-state index contributed by atoms with van der Waals surface area (Å²) in [6.45, 7) is 3.65. The van der Waals surface area contributed by atoms with Crippen LogP contribution >= 0.6 is 0 Å². The molecule has 2 N–H and O–H groups in total. The first-order valence-corrected chi connectivity index (χ1v) is 8.02. The van der Waals surface area contributed by atoms with E-state index in [1.54, 1.807) is 32.2 Å². The monoisotopic (exact) mass is 336 g/mol. The van der Waals surface area contributed by atoms with Gasteiger partial charge in [0, 0.05) is 22.8 Å². The first-order chi connectivity index (χ1) is 11.9. The van der Waals surface area contributed by atoms with E-state index < -0.39 is 11.7 Å². The van der Waals surface area contributed by atoms with Crippen molar-refractivity contribution in [1.82, 2.24) is 4.98 Å². The lowest BCUT2D eigenvalue weighted by atomic mass is 9.99. The summed E-state index contributed by atoms with van der Waals surface area (Å²) < 4.78 is 5.20. The number of hydrogen-bond donors (Lipinski definition) is 2. The first-order valence-electron chi connectivity index (χ1n) is 8.02. The Labute approximate surface area is 146 Å². The van der Waals surface area contributed by atoms with Crippen molar-refractivity contribution in [2.24, 2.45) is 0 Å². The number of rotatable bonds is 4. The van der Waals surface area contributed by atoms with Crippen LogP contribution in [0.2, 0.25) is 0 Å². The molecule has 128 valence electrons. The van der Waals surface area contributed by atoms with Crippen LogP contribution < -0.4 is 5.32 Å². The lowest BCUT2D eigenvalue weighted by Gasteiger charge is -2.17. The van der Waals surface area contributed by atoms with Gasteiger partial charge >= 0.3 is 6.09 Å². The van der Waals surface area contributed by atoms with Crippen molar-refractivity contribution in [2.75, 3.05) is 5.32 Å². The number of pyridine rings is 1. The summed E-state index contributed by atoms with van der Waals surface area (Å²) >= 11 is 0. The molecular weight excluding hydrogens is 316 g/mol. The minimum absolute atomic E-state index is 0.216. The summed E-state index contributed by atoms with van der Waals surface area (Å²) in [5, 5.41) is 13.7. The zero-order valence-corrected chi connectivity index (χ0v) is 14.2. The number of nitrogens with zero attached hydrogens (tertiary/aromatic N) is 1. The number of anilines is 1. The molecule has 0 spiro atoms. The molecule has 0 radical (unpaired) electrons. The first kappa shape index (κ1) is 16.9. The van der Waals surface area contributed by atoms with E-state index >= 15 is 0 Å². The second kappa shape index (κ2) is 6.91. The molecule has 5 heteroatoms. The predicted molar refractivity (Wildman–Crippen MR) is 97.2 cm³/mol. The maximum absolute atomic E-state index is 11.9. The fourth-order valence-corrected chi connectivity index (χ4v) is 2.41. The molecule has 0 aliphatic rings. The Morgan fingerprint density at radius 2 is 1.92 bits per heavy atom. The molecule has 2 aromatic carbocycles. The van der Waals surface area contributed by atoms with Gasteiger partial charge < -0.3 is 9.84 Å². The van der Waals surface area contributed by atoms with E-state index in [1.165, 1.54) is 0 Å². The van der Waals surface area contributed by atoms with E-state index in [0.717, 1.165) is 22.0 Å². The zero-order chi connectivity index (χ0) is 17.9. The molecule has 5 nitrogen and oxygen atoms in total. The van der Waals surface area contributed by atoms with Crippen LogP contribution in [0.5, 0.6) is 0 Å². The fraction of sp³-hybridized carbons (Fsp3) is 0.200. The lowest BCUT2D eigenvalue weighted by molar-refractivity contribution is 0.0784. The van der Waals surface area contributed by atoms with E-state index in [-0.39, 0.29) is 6.61 Å². The Kier molecular flexibility index (Phi) is 4.67. The molecule has 0 atom stereocenters. The predicted octanol–water partition coefficient (Wildman–Crippen LogP) is 4.21. The standard InChI is InChI=1S/C20H20N2O3/c1-20(2,24)16-10-15-8-9-17(11-18(15)21-12-16)22-19(23)25-13-14-6-4-3-5-7-14/h3-12,24H,13H2,1-2H3,(H,22,23). The Hall–Kier alpha value is -2.92. The number of aliphatic hydroxyl groups is 1. The third-order valence-corrected chi connectivity index (χ3v) is 3.85. The quantitative estimate of drug-likeness (QED) is 0.748. The van der Waals surface area contributed by atoms with Gasteiger partial charge in [0.1, 0.15) is 6.61 Å². The molecule has 1 aromatic heterocycles. The number of amides is 1. The van der Waals surface area contributed by atoms with Crippen LogP contribution in [-0.2, 0) is 16.9 Å². The number of fused-ring (bicyclic) bond motifs is 1. The molecule has 0 saturated carbocycles. The van der Waals surface area contributed by atoms with Gasteiger partial charge in [0.15, 0.2) is 0 Å².